The summed E-state index contributed by atoms with van der Waals surface area (Å²) in [5.74, 6) is 2.46. The molecule has 3 rings (SSSR count). The van der Waals surface area contributed by atoms with Crippen LogP contribution in [0.25, 0.3) is 0 Å². The summed E-state index contributed by atoms with van der Waals surface area (Å²) in [6.07, 6.45) is 3.54. The van der Waals surface area contributed by atoms with E-state index in [2.05, 4.69) is 35.8 Å². The lowest BCUT2D eigenvalue weighted by molar-refractivity contribution is -0.135. The summed E-state index contributed by atoms with van der Waals surface area (Å²) in [5, 5.41) is 0. The number of carbonyl (C=O) groups excluding carboxylic acids is 1. The third-order valence-corrected chi connectivity index (χ3v) is 5.50. The minimum Gasteiger partial charge on any atom is -0.494 e. The van der Waals surface area contributed by atoms with E-state index in [-0.39, 0.29) is 0 Å². The molecule has 4 nitrogen and oxygen atoms in total. The van der Waals surface area contributed by atoms with Crippen molar-refractivity contribution >= 4 is 5.91 Å². The summed E-state index contributed by atoms with van der Waals surface area (Å²) in [5.41, 5.74) is 1.30. The first-order valence-corrected chi connectivity index (χ1v) is 9.81. The monoisotopic (exact) mass is 344 g/mol. The van der Waals surface area contributed by atoms with E-state index in [1.807, 2.05) is 19.1 Å². The van der Waals surface area contributed by atoms with E-state index < -0.39 is 0 Å². The van der Waals surface area contributed by atoms with Gasteiger partial charge in [0.2, 0.25) is 5.91 Å². The van der Waals surface area contributed by atoms with Crippen LogP contribution in [0.15, 0.2) is 24.3 Å². The number of carbonyl (C=O) groups is 1. The van der Waals surface area contributed by atoms with Gasteiger partial charge in [-0.25, -0.2) is 0 Å². The third kappa shape index (κ3) is 4.55. The number of hydrogen-bond donors (Lipinski definition) is 0. The van der Waals surface area contributed by atoms with Gasteiger partial charge < -0.3 is 9.64 Å². The van der Waals surface area contributed by atoms with Crippen molar-refractivity contribution in [2.75, 3.05) is 32.8 Å². The van der Waals surface area contributed by atoms with Crippen LogP contribution in [0.5, 0.6) is 5.75 Å². The Balaban J connectivity index is 1.62. The summed E-state index contributed by atoms with van der Waals surface area (Å²) in [6.45, 7) is 10.6. The minimum absolute atomic E-state index is 0.302. The zero-order valence-corrected chi connectivity index (χ0v) is 15.9. The normalized spacial score (nSPS) is 27.5. The van der Waals surface area contributed by atoms with Gasteiger partial charge in [0.1, 0.15) is 5.75 Å². The molecule has 2 aliphatic heterocycles. The molecular formula is C21H32N2O2. The number of piperidine rings is 1. The van der Waals surface area contributed by atoms with Gasteiger partial charge in [0.15, 0.2) is 0 Å². The second kappa shape index (κ2) is 8.22. The van der Waals surface area contributed by atoms with Crippen molar-refractivity contribution in [1.29, 1.82) is 0 Å². The summed E-state index contributed by atoms with van der Waals surface area (Å²) in [7, 11) is 0. The standard InChI is InChI=1S/C21H32N2O2/c1-4-25-19-9-7-18(8-10-19)20-6-5-11-22(20)15-21(24)23-13-16(2)12-17(3)14-23/h7-10,16-17,20H,4-6,11-15H2,1-3H3/t16-,17+,20-/m1/s1. The molecule has 1 aromatic rings. The van der Waals surface area contributed by atoms with Gasteiger partial charge in [-0.1, -0.05) is 26.0 Å². The molecule has 2 saturated heterocycles. The van der Waals surface area contributed by atoms with Crippen LogP contribution >= 0.6 is 0 Å². The molecule has 0 unspecified atom stereocenters. The second-order valence-electron chi connectivity index (χ2n) is 7.88. The molecule has 0 spiro atoms. The quantitative estimate of drug-likeness (QED) is 0.816. The molecule has 4 heteroatoms. The van der Waals surface area contributed by atoms with Crippen LogP contribution in [-0.4, -0.2) is 48.5 Å². The molecule has 0 aliphatic carbocycles. The van der Waals surface area contributed by atoms with Gasteiger partial charge in [-0.15, -0.1) is 0 Å². The number of rotatable bonds is 5. The van der Waals surface area contributed by atoms with Crippen molar-refractivity contribution in [1.82, 2.24) is 9.80 Å². The van der Waals surface area contributed by atoms with Gasteiger partial charge in [0, 0.05) is 19.1 Å². The zero-order valence-electron chi connectivity index (χ0n) is 15.9. The first-order chi connectivity index (χ1) is 12.1. The molecule has 0 saturated carbocycles. The third-order valence-electron chi connectivity index (χ3n) is 5.50. The van der Waals surface area contributed by atoms with E-state index in [4.69, 9.17) is 4.74 Å². The lowest BCUT2D eigenvalue weighted by Crippen LogP contribution is -2.46. The van der Waals surface area contributed by atoms with Crippen LogP contribution in [0.4, 0.5) is 0 Å². The first kappa shape index (κ1) is 18.2. The van der Waals surface area contributed by atoms with Crippen molar-refractivity contribution in [2.24, 2.45) is 11.8 Å². The molecule has 0 N–H and O–H groups in total. The Morgan fingerprint density at radius 3 is 2.48 bits per heavy atom. The first-order valence-electron chi connectivity index (χ1n) is 9.81. The summed E-state index contributed by atoms with van der Waals surface area (Å²) < 4.78 is 5.54. The van der Waals surface area contributed by atoms with E-state index in [0.29, 0.717) is 36.9 Å². The van der Waals surface area contributed by atoms with E-state index >= 15 is 0 Å². The topological polar surface area (TPSA) is 32.8 Å². The maximum atomic E-state index is 12.8. The maximum absolute atomic E-state index is 12.8. The molecule has 25 heavy (non-hydrogen) atoms. The van der Waals surface area contributed by atoms with Crippen LogP contribution in [0.2, 0.25) is 0 Å². The average Bonchev–Trinajstić information content (AvgIpc) is 3.03. The highest BCUT2D eigenvalue weighted by molar-refractivity contribution is 5.78. The molecule has 0 radical (unpaired) electrons. The van der Waals surface area contributed by atoms with Crippen molar-refractivity contribution in [3.8, 4) is 5.75 Å². The van der Waals surface area contributed by atoms with E-state index in [9.17, 15) is 4.79 Å². The Morgan fingerprint density at radius 2 is 1.84 bits per heavy atom. The number of hydrogen-bond acceptors (Lipinski definition) is 3. The Hall–Kier alpha value is -1.55. The van der Waals surface area contributed by atoms with Gasteiger partial charge in [0.25, 0.3) is 0 Å². The fourth-order valence-electron chi connectivity index (χ4n) is 4.49. The van der Waals surface area contributed by atoms with Gasteiger partial charge in [0.05, 0.1) is 13.2 Å². The van der Waals surface area contributed by atoms with Gasteiger partial charge in [-0.3, -0.25) is 9.69 Å². The fourth-order valence-corrected chi connectivity index (χ4v) is 4.49. The number of benzene rings is 1. The summed E-state index contributed by atoms with van der Waals surface area (Å²) >= 11 is 0. The molecule has 1 aromatic carbocycles. The van der Waals surface area contributed by atoms with E-state index in [0.717, 1.165) is 38.2 Å². The zero-order chi connectivity index (χ0) is 17.8. The molecule has 0 bridgehead atoms. The highest BCUT2D eigenvalue weighted by atomic mass is 16.5. The highest BCUT2D eigenvalue weighted by Gasteiger charge is 2.31. The molecule has 1 amide bonds. The molecule has 2 fully saturated rings. The van der Waals surface area contributed by atoms with Gasteiger partial charge in [-0.05, 0) is 62.3 Å². The number of nitrogens with zero attached hydrogens (tertiary/aromatic N) is 2. The van der Waals surface area contributed by atoms with Gasteiger partial charge >= 0.3 is 0 Å². The minimum atomic E-state index is 0.302. The Labute approximate surface area is 152 Å². The Bertz CT molecular complexity index is 562. The number of likely N-dealkylation sites (tertiary alicyclic amines) is 2. The lowest BCUT2D eigenvalue weighted by atomic mass is 9.92. The van der Waals surface area contributed by atoms with Crippen LogP contribution in [0, 0.1) is 11.8 Å². The van der Waals surface area contributed by atoms with E-state index in [1.54, 1.807) is 0 Å². The Morgan fingerprint density at radius 1 is 1.16 bits per heavy atom. The van der Waals surface area contributed by atoms with Crippen molar-refractivity contribution in [2.45, 2.75) is 46.1 Å². The number of amides is 1. The van der Waals surface area contributed by atoms with Crippen molar-refractivity contribution < 1.29 is 9.53 Å². The number of ether oxygens (including phenoxy) is 1. The highest BCUT2D eigenvalue weighted by Crippen LogP contribution is 2.33. The SMILES string of the molecule is CCOc1ccc([C@H]2CCCN2CC(=O)N2C[C@H](C)C[C@H](C)C2)cc1. The predicted molar refractivity (Wildman–Crippen MR) is 101 cm³/mol. The lowest BCUT2D eigenvalue weighted by Gasteiger charge is -2.36. The van der Waals surface area contributed by atoms with Crippen LogP contribution in [-0.2, 0) is 4.79 Å². The summed E-state index contributed by atoms with van der Waals surface area (Å²) in [6, 6.07) is 8.77. The molecule has 138 valence electrons. The van der Waals surface area contributed by atoms with Crippen LogP contribution in [0.3, 0.4) is 0 Å². The fraction of sp³-hybridized carbons (Fsp3) is 0.667. The van der Waals surface area contributed by atoms with Crippen molar-refractivity contribution in [3.63, 3.8) is 0 Å². The Kier molecular flexibility index (Phi) is 6.00. The summed E-state index contributed by atoms with van der Waals surface area (Å²) in [4.78, 5) is 17.3. The average molecular weight is 344 g/mol. The maximum Gasteiger partial charge on any atom is 0.236 e. The van der Waals surface area contributed by atoms with Crippen LogP contribution < -0.4 is 4.74 Å². The molecular weight excluding hydrogens is 312 g/mol. The van der Waals surface area contributed by atoms with Crippen molar-refractivity contribution in [3.05, 3.63) is 29.8 Å². The van der Waals surface area contributed by atoms with E-state index in [1.165, 1.54) is 12.0 Å². The predicted octanol–water partition coefficient (Wildman–Crippen LogP) is 3.73. The molecule has 0 aromatic heterocycles. The largest absolute Gasteiger partial charge is 0.494 e. The smallest absolute Gasteiger partial charge is 0.236 e. The van der Waals surface area contributed by atoms with Crippen LogP contribution in [0.1, 0.15) is 51.6 Å². The molecule has 2 aliphatic rings. The van der Waals surface area contributed by atoms with Gasteiger partial charge in [-0.2, -0.15) is 0 Å². The molecule has 3 atom stereocenters. The second-order valence-corrected chi connectivity index (χ2v) is 7.88. The molecule has 2 heterocycles.